The van der Waals surface area contributed by atoms with E-state index in [2.05, 4.69) is 0 Å². The number of aromatic carboxylic acids is 1. The van der Waals surface area contributed by atoms with Gasteiger partial charge in [0.05, 0.1) is 6.61 Å². The molecular formula is C10H12O4. The molecule has 0 aliphatic carbocycles. The van der Waals surface area contributed by atoms with E-state index in [1.807, 2.05) is 13.8 Å². The van der Waals surface area contributed by atoms with Crippen molar-refractivity contribution in [1.82, 2.24) is 0 Å². The molecule has 1 aromatic heterocycles. The molecule has 1 N–H and O–H groups in total. The lowest BCUT2D eigenvalue weighted by molar-refractivity contribution is 0.0685. The fourth-order valence-electron chi connectivity index (χ4n) is 1.69. The summed E-state index contributed by atoms with van der Waals surface area (Å²) in [5.41, 5.74) is 1.01. The molecule has 2 heterocycles. The second-order valence-corrected chi connectivity index (χ2v) is 3.70. The van der Waals surface area contributed by atoms with Crippen LogP contribution in [0.1, 0.15) is 47.2 Å². The SMILES string of the molecule is CC(C)c1oc2c(c1C(=O)O)COC2. The van der Waals surface area contributed by atoms with Crippen molar-refractivity contribution in [3.05, 3.63) is 22.6 Å². The van der Waals surface area contributed by atoms with E-state index >= 15 is 0 Å². The number of hydrogen-bond acceptors (Lipinski definition) is 3. The Morgan fingerprint density at radius 3 is 2.71 bits per heavy atom. The van der Waals surface area contributed by atoms with E-state index in [1.165, 1.54) is 0 Å². The third-order valence-corrected chi connectivity index (χ3v) is 2.34. The Labute approximate surface area is 81.5 Å². The number of fused-ring (bicyclic) bond motifs is 1. The van der Waals surface area contributed by atoms with Gasteiger partial charge in [0.1, 0.15) is 23.7 Å². The van der Waals surface area contributed by atoms with Gasteiger partial charge in [-0.15, -0.1) is 0 Å². The average molecular weight is 196 g/mol. The molecule has 0 aromatic carbocycles. The zero-order valence-electron chi connectivity index (χ0n) is 8.16. The maximum absolute atomic E-state index is 11.0. The smallest absolute Gasteiger partial charge is 0.339 e. The standard InChI is InChI=1S/C10H12O4/c1-5(2)9-8(10(11)12)6-3-13-4-7(6)14-9/h5H,3-4H2,1-2H3,(H,11,12). The van der Waals surface area contributed by atoms with Gasteiger partial charge in [0.15, 0.2) is 0 Å². The van der Waals surface area contributed by atoms with Crippen LogP contribution in [0.25, 0.3) is 0 Å². The van der Waals surface area contributed by atoms with Crippen LogP contribution >= 0.6 is 0 Å². The van der Waals surface area contributed by atoms with Gasteiger partial charge in [-0.25, -0.2) is 4.79 Å². The highest BCUT2D eigenvalue weighted by molar-refractivity contribution is 5.91. The van der Waals surface area contributed by atoms with Gasteiger partial charge in [-0.1, -0.05) is 13.8 Å². The van der Waals surface area contributed by atoms with Crippen molar-refractivity contribution in [2.75, 3.05) is 0 Å². The number of rotatable bonds is 2. The summed E-state index contributed by atoms with van der Waals surface area (Å²) in [6, 6.07) is 0. The van der Waals surface area contributed by atoms with Crippen LogP contribution in [0, 0.1) is 0 Å². The summed E-state index contributed by atoms with van der Waals surface area (Å²) >= 11 is 0. The van der Waals surface area contributed by atoms with E-state index in [9.17, 15) is 4.79 Å². The summed E-state index contributed by atoms with van der Waals surface area (Å²) < 4.78 is 10.6. The van der Waals surface area contributed by atoms with Crippen LogP contribution in [-0.4, -0.2) is 11.1 Å². The molecule has 4 nitrogen and oxygen atoms in total. The van der Waals surface area contributed by atoms with Crippen LogP contribution in [0.4, 0.5) is 0 Å². The first-order chi connectivity index (χ1) is 6.61. The summed E-state index contributed by atoms with van der Waals surface area (Å²) in [6.07, 6.45) is 0. The molecule has 0 spiro atoms. The molecule has 1 aliphatic rings. The Balaban J connectivity index is 2.57. The molecule has 0 fully saturated rings. The highest BCUT2D eigenvalue weighted by atomic mass is 16.5. The van der Waals surface area contributed by atoms with E-state index in [0.29, 0.717) is 35.9 Å². The zero-order chi connectivity index (χ0) is 10.3. The predicted octanol–water partition coefficient (Wildman–Crippen LogP) is 2.13. The Morgan fingerprint density at radius 1 is 1.43 bits per heavy atom. The Kier molecular flexibility index (Phi) is 2.07. The summed E-state index contributed by atoms with van der Waals surface area (Å²) in [4.78, 5) is 11.0. The Hall–Kier alpha value is -1.29. The fraction of sp³-hybridized carbons (Fsp3) is 0.500. The second-order valence-electron chi connectivity index (χ2n) is 3.70. The summed E-state index contributed by atoms with van der Waals surface area (Å²) in [5, 5.41) is 9.05. The van der Waals surface area contributed by atoms with E-state index < -0.39 is 5.97 Å². The van der Waals surface area contributed by atoms with Crippen molar-refractivity contribution in [1.29, 1.82) is 0 Å². The van der Waals surface area contributed by atoms with Crippen LogP contribution in [0.3, 0.4) is 0 Å². The van der Waals surface area contributed by atoms with E-state index in [0.717, 1.165) is 0 Å². The molecule has 0 atom stereocenters. The van der Waals surface area contributed by atoms with E-state index in [-0.39, 0.29) is 5.92 Å². The monoisotopic (exact) mass is 196 g/mol. The van der Waals surface area contributed by atoms with Gasteiger partial charge < -0.3 is 14.3 Å². The van der Waals surface area contributed by atoms with Crippen molar-refractivity contribution < 1.29 is 19.1 Å². The topological polar surface area (TPSA) is 59.7 Å². The molecule has 1 aromatic rings. The van der Waals surface area contributed by atoms with Gasteiger partial charge in [0.2, 0.25) is 0 Å². The first kappa shape index (κ1) is 9.27. The molecule has 14 heavy (non-hydrogen) atoms. The number of ether oxygens (including phenoxy) is 1. The lowest BCUT2D eigenvalue weighted by atomic mass is 10.0. The predicted molar refractivity (Wildman–Crippen MR) is 48.2 cm³/mol. The molecule has 76 valence electrons. The zero-order valence-corrected chi connectivity index (χ0v) is 8.16. The number of hydrogen-bond donors (Lipinski definition) is 1. The molecule has 0 bridgehead atoms. The highest BCUT2D eigenvalue weighted by Gasteiger charge is 2.29. The Bertz CT molecular complexity index is 376. The normalized spacial score (nSPS) is 14.8. The first-order valence-electron chi connectivity index (χ1n) is 4.56. The molecule has 0 saturated carbocycles. The van der Waals surface area contributed by atoms with Crippen molar-refractivity contribution in [3.63, 3.8) is 0 Å². The van der Waals surface area contributed by atoms with Gasteiger partial charge in [-0.3, -0.25) is 0 Å². The molecular weight excluding hydrogens is 184 g/mol. The quantitative estimate of drug-likeness (QED) is 0.787. The lowest BCUT2D eigenvalue weighted by Gasteiger charge is -2.03. The number of furan rings is 1. The molecule has 0 unspecified atom stereocenters. The molecule has 0 saturated heterocycles. The molecule has 0 radical (unpaired) electrons. The molecule has 0 amide bonds. The second kappa shape index (κ2) is 3.13. The summed E-state index contributed by atoms with van der Waals surface area (Å²) in [7, 11) is 0. The fourth-order valence-corrected chi connectivity index (χ4v) is 1.69. The summed E-state index contributed by atoms with van der Waals surface area (Å²) in [5.74, 6) is 0.396. The van der Waals surface area contributed by atoms with Crippen LogP contribution in [0.2, 0.25) is 0 Å². The van der Waals surface area contributed by atoms with E-state index in [1.54, 1.807) is 0 Å². The van der Waals surface area contributed by atoms with Crippen molar-refractivity contribution in [2.24, 2.45) is 0 Å². The van der Waals surface area contributed by atoms with Crippen LogP contribution in [0.5, 0.6) is 0 Å². The minimum Gasteiger partial charge on any atom is -0.478 e. The largest absolute Gasteiger partial charge is 0.478 e. The van der Waals surface area contributed by atoms with Crippen LogP contribution < -0.4 is 0 Å². The highest BCUT2D eigenvalue weighted by Crippen LogP contribution is 2.33. The van der Waals surface area contributed by atoms with Crippen molar-refractivity contribution >= 4 is 5.97 Å². The van der Waals surface area contributed by atoms with Gasteiger partial charge in [0.25, 0.3) is 0 Å². The minimum absolute atomic E-state index is 0.0895. The number of carboxylic acid groups (broad SMARTS) is 1. The van der Waals surface area contributed by atoms with Gasteiger partial charge in [-0.2, -0.15) is 0 Å². The van der Waals surface area contributed by atoms with Crippen molar-refractivity contribution in [3.8, 4) is 0 Å². The number of carboxylic acids is 1. The van der Waals surface area contributed by atoms with Gasteiger partial charge in [-0.05, 0) is 0 Å². The maximum atomic E-state index is 11.0. The van der Waals surface area contributed by atoms with Gasteiger partial charge in [0, 0.05) is 11.5 Å². The van der Waals surface area contributed by atoms with Crippen molar-refractivity contribution in [2.45, 2.75) is 33.0 Å². The third kappa shape index (κ3) is 1.23. The third-order valence-electron chi connectivity index (χ3n) is 2.34. The average Bonchev–Trinajstić information content (AvgIpc) is 2.58. The number of carbonyl (C=O) groups is 1. The van der Waals surface area contributed by atoms with Gasteiger partial charge >= 0.3 is 5.97 Å². The first-order valence-corrected chi connectivity index (χ1v) is 4.56. The molecule has 1 aliphatic heterocycles. The lowest BCUT2D eigenvalue weighted by Crippen LogP contribution is -2.03. The van der Waals surface area contributed by atoms with E-state index in [4.69, 9.17) is 14.3 Å². The molecule has 2 rings (SSSR count). The summed E-state index contributed by atoms with van der Waals surface area (Å²) in [6.45, 7) is 4.58. The minimum atomic E-state index is -0.927. The maximum Gasteiger partial charge on any atom is 0.339 e. The van der Waals surface area contributed by atoms with Crippen LogP contribution in [0.15, 0.2) is 4.42 Å². The Morgan fingerprint density at radius 2 is 2.14 bits per heavy atom. The molecule has 4 heteroatoms. The van der Waals surface area contributed by atoms with Crippen LogP contribution in [-0.2, 0) is 18.0 Å².